The van der Waals surface area contributed by atoms with Gasteiger partial charge in [-0.3, -0.25) is 24.6 Å². The van der Waals surface area contributed by atoms with Crippen molar-refractivity contribution in [2.24, 2.45) is 0 Å². The summed E-state index contributed by atoms with van der Waals surface area (Å²) < 4.78 is 0. The van der Waals surface area contributed by atoms with Gasteiger partial charge in [-0.1, -0.05) is 6.07 Å². The van der Waals surface area contributed by atoms with Crippen molar-refractivity contribution in [1.82, 2.24) is 4.90 Å². The summed E-state index contributed by atoms with van der Waals surface area (Å²) in [7, 11) is 1.34. The Morgan fingerprint density at radius 3 is 2.67 bits per heavy atom. The zero-order valence-electron chi connectivity index (χ0n) is 10.0. The van der Waals surface area contributed by atoms with Gasteiger partial charge >= 0.3 is 0 Å². The Labute approximate surface area is 104 Å². The summed E-state index contributed by atoms with van der Waals surface area (Å²) in [5.74, 6) is -0.725. The number of anilines is 1. The minimum Gasteiger partial charge on any atom is -0.326 e. The molecule has 0 atom stereocenters. The highest BCUT2D eigenvalue weighted by Crippen LogP contribution is 2.12. The van der Waals surface area contributed by atoms with Gasteiger partial charge in [0.15, 0.2) is 0 Å². The molecule has 0 heterocycles. The third-order valence-electron chi connectivity index (χ3n) is 2.10. The smallest absolute Gasteiger partial charge is 0.280 e. The predicted octanol–water partition coefficient (Wildman–Crippen LogP) is 0.951. The second-order valence-corrected chi connectivity index (χ2v) is 3.74. The van der Waals surface area contributed by atoms with E-state index in [2.05, 4.69) is 5.32 Å². The average Bonchev–Trinajstić information content (AvgIpc) is 2.26. The van der Waals surface area contributed by atoms with E-state index in [0.29, 0.717) is 5.69 Å². The van der Waals surface area contributed by atoms with Gasteiger partial charge in [-0.25, -0.2) is 0 Å². The number of hydrogen-bond acceptors (Lipinski definition) is 4. The van der Waals surface area contributed by atoms with E-state index in [1.54, 1.807) is 12.1 Å². The fourth-order valence-electron chi connectivity index (χ4n) is 1.39. The number of benzene rings is 1. The van der Waals surface area contributed by atoms with Gasteiger partial charge < -0.3 is 5.32 Å². The summed E-state index contributed by atoms with van der Waals surface area (Å²) in [4.78, 5) is 33.4. The van der Waals surface area contributed by atoms with Gasteiger partial charge in [0, 0.05) is 30.1 Å². The lowest BCUT2D eigenvalue weighted by molar-refractivity contribution is -0.498. The first-order valence-electron chi connectivity index (χ1n) is 5.15. The number of nitrogens with one attached hydrogen (secondary N) is 1. The highest BCUT2D eigenvalue weighted by Gasteiger charge is 2.15. The van der Waals surface area contributed by atoms with Gasteiger partial charge in [-0.15, -0.1) is 0 Å². The molecule has 0 aliphatic rings. The molecule has 1 aromatic rings. The van der Waals surface area contributed by atoms with Crippen molar-refractivity contribution < 1.29 is 14.5 Å². The van der Waals surface area contributed by atoms with Crippen molar-refractivity contribution in [1.29, 1.82) is 0 Å². The molecule has 0 unspecified atom stereocenters. The minimum atomic E-state index is -0.588. The molecule has 0 fully saturated rings. The van der Waals surface area contributed by atoms with E-state index >= 15 is 0 Å². The maximum Gasteiger partial charge on any atom is 0.280 e. The zero-order valence-corrected chi connectivity index (χ0v) is 10.0. The van der Waals surface area contributed by atoms with Crippen molar-refractivity contribution in [2.45, 2.75) is 6.92 Å². The van der Waals surface area contributed by atoms with Crippen LogP contribution in [0.4, 0.5) is 5.69 Å². The predicted molar refractivity (Wildman–Crippen MR) is 64.7 cm³/mol. The van der Waals surface area contributed by atoms with Crippen LogP contribution in [0.3, 0.4) is 0 Å². The van der Waals surface area contributed by atoms with Crippen molar-refractivity contribution in [3.8, 4) is 0 Å². The number of carbonyl (C=O) groups is 2. The van der Waals surface area contributed by atoms with Crippen LogP contribution in [0.5, 0.6) is 0 Å². The van der Waals surface area contributed by atoms with Crippen LogP contribution in [0.1, 0.15) is 17.3 Å². The first-order valence-corrected chi connectivity index (χ1v) is 5.15. The topological polar surface area (TPSA) is 92.6 Å². The maximum absolute atomic E-state index is 11.8. The first-order chi connectivity index (χ1) is 8.40. The SMILES string of the molecule is CC(=O)Nc1cccc(C(=O)N(C)C[N+](=O)[O-])c1. The van der Waals surface area contributed by atoms with Gasteiger partial charge in [0.2, 0.25) is 5.91 Å². The Kier molecular flexibility index (Phi) is 4.36. The fraction of sp³-hybridized carbons (Fsp3) is 0.273. The van der Waals surface area contributed by atoms with E-state index < -0.39 is 17.5 Å². The Morgan fingerprint density at radius 1 is 1.44 bits per heavy atom. The third-order valence-corrected chi connectivity index (χ3v) is 2.10. The number of nitro groups is 1. The van der Waals surface area contributed by atoms with E-state index in [9.17, 15) is 19.7 Å². The molecule has 1 aromatic carbocycles. The lowest BCUT2D eigenvalue weighted by atomic mass is 10.2. The van der Waals surface area contributed by atoms with Crippen LogP contribution in [0.25, 0.3) is 0 Å². The van der Waals surface area contributed by atoms with Crippen molar-refractivity contribution >= 4 is 17.5 Å². The van der Waals surface area contributed by atoms with Gasteiger partial charge in [-0.05, 0) is 18.2 Å². The molecule has 0 bridgehead atoms. The van der Waals surface area contributed by atoms with Crippen LogP contribution in [0.15, 0.2) is 24.3 Å². The van der Waals surface area contributed by atoms with Crippen LogP contribution in [-0.4, -0.2) is 35.4 Å². The molecule has 0 aliphatic heterocycles. The summed E-state index contributed by atoms with van der Waals surface area (Å²) >= 11 is 0. The van der Waals surface area contributed by atoms with Crippen molar-refractivity contribution in [3.63, 3.8) is 0 Å². The molecule has 0 spiro atoms. The highest BCUT2D eigenvalue weighted by molar-refractivity contribution is 5.96. The van der Waals surface area contributed by atoms with Crippen LogP contribution >= 0.6 is 0 Å². The summed E-state index contributed by atoms with van der Waals surface area (Å²) in [6.45, 7) is 0.788. The number of rotatable bonds is 4. The number of carbonyl (C=O) groups excluding carboxylic acids is 2. The molecule has 0 saturated heterocycles. The monoisotopic (exact) mass is 251 g/mol. The van der Waals surface area contributed by atoms with Crippen LogP contribution in [0, 0.1) is 10.1 Å². The molecule has 0 aromatic heterocycles. The molecule has 0 saturated carbocycles. The highest BCUT2D eigenvalue weighted by atomic mass is 16.6. The second kappa shape index (κ2) is 5.76. The molecule has 0 radical (unpaired) electrons. The van der Waals surface area contributed by atoms with Gasteiger partial charge in [0.1, 0.15) is 0 Å². The molecule has 1 N–H and O–H groups in total. The molecular weight excluding hydrogens is 238 g/mol. The molecule has 1 rings (SSSR count). The van der Waals surface area contributed by atoms with Crippen molar-refractivity contribution in [2.75, 3.05) is 19.0 Å². The number of amides is 2. The third kappa shape index (κ3) is 3.85. The van der Waals surface area contributed by atoms with Crippen LogP contribution in [0.2, 0.25) is 0 Å². The summed E-state index contributed by atoms with van der Waals surface area (Å²) in [6, 6.07) is 6.23. The molecule has 7 nitrogen and oxygen atoms in total. The Hall–Kier alpha value is -2.44. The van der Waals surface area contributed by atoms with E-state index in [0.717, 1.165) is 4.90 Å². The van der Waals surface area contributed by atoms with E-state index in [4.69, 9.17) is 0 Å². The second-order valence-electron chi connectivity index (χ2n) is 3.74. The molecule has 7 heteroatoms. The molecular formula is C11H13N3O4. The van der Waals surface area contributed by atoms with E-state index in [-0.39, 0.29) is 11.5 Å². The zero-order chi connectivity index (χ0) is 13.7. The van der Waals surface area contributed by atoms with Gasteiger partial charge in [-0.2, -0.15) is 0 Å². The van der Waals surface area contributed by atoms with Gasteiger partial charge in [0.05, 0.1) is 0 Å². The van der Waals surface area contributed by atoms with Crippen LogP contribution in [-0.2, 0) is 4.79 Å². The Bertz CT molecular complexity index is 487. The average molecular weight is 251 g/mol. The van der Waals surface area contributed by atoms with E-state index in [1.807, 2.05) is 0 Å². The summed E-state index contributed by atoms with van der Waals surface area (Å²) in [6.07, 6.45) is 0. The van der Waals surface area contributed by atoms with E-state index in [1.165, 1.54) is 26.1 Å². The lowest BCUT2D eigenvalue weighted by Crippen LogP contribution is -2.31. The molecule has 96 valence electrons. The van der Waals surface area contributed by atoms with Crippen LogP contribution < -0.4 is 5.32 Å². The quantitative estimate of drug-likeness (QED) is 0.490. The fourth-order valence-corrected chi connectivity index (χ4v) is 1.39. The molecule has 2 amide bonds. The lowest BCUT2D eigenvalue weighted by Gasteiger charge is -2.12. The normalized spacial score (nSPS) is 9.67. The number of hydrogen-bond donors (Lipinski definition) is 1. The number of nitrogens with zero attached hydrogens (tertiary/aromatic N) is 2. The largest absolute Gasteiger partial charge is 0.326 e. The first kappa shape index (κ1) is 13.6. The van der Waals surface area contributed by atoms with Gasteiger partial charge in [0.25, 0.3) is 12.6 Å². The Morgan fingerprint density at radius 2 is 2.11 bits per heavy atom. The summed E-state index contributed by atoms with van der Waals surface area (Å²) in [5, 5.41) is 12.8. The maximum atomic E-state index is 11.8. The molecule has 18 heavy (non-hydrogen) atoms. The standard InChI is InChI=1S/C11H13N3O4/c1-8(15)12-10-5-3-4-9(6-10)11(16)13(2)7-14(17)18/h3-6H,7H2,1-2H3,(H,12,15). The minimum absolute atomic E-state index is 0.252. The Balaban J connectivity index is 2.85. The van der Waals surface area contributed by atoms with Crippen molar-refractivity contribution in [3.05, 3.63) is 39.9 Å². The molecule has 0 aliphatic carbocycles. The summed E-state index contributed by atoms with van der Waals surface area (Å²) in [5.41, 5.74) is 0.758.